The van der Waals surface area contributed by atoms with E-state index in [4.69, 9.17) is 13.7 Å². The van der Waals surface area contributed by atoms with Crippen molar-refractivity contribution in [2.45, 2.75) is 104 Å². The molecule has 0 N–H and O–H groups in total. The van der Waals surface area contributed by atoms with Gasteiger partial charge >= 0.3 is 0 Å². The topological polar surface area (TPSA) is 40.0 Å². The van der Waals surface area contributed by atoms with E-state index in [1.807, 2.05) is 0 Å². The number of rotatable bonds is 6. The standard InChI is InChI=1S/C26H47NO3Si2/c1-25-15-14-23-21(22(25)11-12-24(25)30-32(6,7)8)10-9-19-17-20(27-28-2)13-16-26(19,23)18-29-31(3,4)5/h17,21-24H,9-16,18H2,1-8H3/b27-20+/t21-,22-,23-,24-,25-,26+/m0/s1. The largest absolute Gasteiger partial charge is 0.417 e. The first-order valence-corrected chi connectivity index (χ1v) is 19.8. The third-order valence-corrected chi connectivity index (χ3v) is 11.1. The molecule has 0 spiro atoms. The van der Waals surface area contributed by atoms with Gasteiger partial charge in [0.05, 0.1) is 11.8 Å². The third-order valence-electron chi connectivity index (χ3n) is 9.08. The van der Waals surface area contributed by atoms with Crippen molar-refractivity contribution in [2.75, 3.05) is 13.7 Å². The van der Waals surface area contributed by atoms with Crippen LogP contribution in [0.5, 0.6) is 0 Å². The quantitative estimate of drug-likeness (QED) is 0.305. The molecule has 3 saturated carbocycles. The number of fused-ring (bicyclic) bond motifs is 5. The minimum Gasteiger partial charge on any atom is -0.417 e. The van der Waals surface area contributed by atoms with Gasteiger partial charge in [-0.25, -0.2) is 0 Å². The molecule has 6 heteroatoms. The van der Waals surface area contributed by atoms with Crippen LogP contribution < -0.4 is 0 Å². The maximum Gasteiger partial charge on any atom is 0.184 e. The Hall–Kier alpha value is -0.436. The van der Waals surface area contributed by atoms with Crippen LogP contribution in [0.15, 0.2) is 16.8 Å². The fourth-order valence-corrected chi connectivity index (χ4v) is 9.68. The van der Waals surface area contributed by atoms with Crippen molar-refractivity contribution in [2.24, 2.45) is 33.7 Å². The van der Waals surface area contributed by atoms with Gasteiger partial charge in [-0.3, -0.25) is 0 Å². The summed E-state index contributed by atoms with van der Waals surface area (Å²) in [5.74, 6) is 2.36. The SMILES string of the molecule is CO/N=C1/C=C2CC[C@@H]3[C@H](CC[C@]4(C)[C@@H](O[Si](C)(C)C)CC[C@@H]34)[C@@]2(CO[Si](C)(C)C)CC1. The Balaban J connectivity index is 1.64. The molecule has 32 heavy (non-hydrogen) atoms. The summed E-state index contributed by atoms with van der Waals surface area (Å²) >= 11 is 0. The summed E-state index contributed by atoms with van der Waals surface area (Å²) in [5.41, 5.74) is 3.29. The number of hydrogen-bond donors (Lipinski definition) is 0. The van der Waals surface area contributed by atoms with Gasteiger partial charge in [0.2, 0.25) is 0 Å². The van der Waals surface area contributed by atoms with Gasteiger partial charge in [0.25, 0.3) is 0 Å². The minimum atomic E-state index is -1.59. The lowest BCUT2D eigenvalue weighted by Gasteiger charge is -2.59. The molecule has 4 rings (SSSR count). The Morgan fingerprint density at radius 2 is 1.69 bits per heavy atom. The Morgan fingerprint density at radius 3 is 2.34 bits per heavy atom. The average molecular weight is 478 g/mol. The van der Waals surface area contributed by atoms with Crippen LogP contribution in [0.3, 0.4) is 0 Å². The number of nitrogens with zero attached hydrogens (tertiary/aromatic N) is 1. The van der Waals surface area contributed by atoms with E-state index in [1.54, 1.807) is 12.7 Å². The van der Waals surface area contributed by atoms with E-state index in [9.17, 15) is 0 Å². The van der Waals surface area contributed by atoms with Gasteiger partial charge in [-0.1, -0.05) is 17.7 Å². The maximum absolute atomic E-state index is 6.79. The minimum absolute atomic E-state index is 0.203. The molecule has 4 nitrogen and oxygen atoms in total. The highest BCUT2D eigenvalue weighted by molar-refractivity contribution is 6.70. The zero-order valence-corrected chi connectivity index (χ0v) is 23.9. The van der Waals surface area contributed by atoms with Crippen molar-refractivity contribution in [3.8, 4) is 0 Å². The van der Waals surface area contributed by atoms with Crippen molar-refractivity contribution in [3.05, 3.63) is 11.6 Å². The second-order valence-corrected chi connectivity index (χ2v) is 22.2. The molecular weight excluding hydrogens is 430 g/mol. The molecule has 182 valence electrons. The zero-order chi connectivity index (χ0) is 23.4. The van der Waals surface area contributed by atoms with Gasteiger partial charge in [-0.05, 0) is 120 Å². The molecular formula is C26H47NO3Si2. The van der Waals surface area contributed by atoms with Crippen molar-refractivity contribution < 1.29 is 13.7 Å². The van der Waals surface area contributed by atoms with Gasteiger partial charge in [0.1, 0.15) is 7.11 Å². The molecule has 0 amide bonds. The van der Waals surface area contributed by atoms with Crippen molar-refractivity contribution in [1.29, 1.82) is 0 Å². The number of hydrogen-bond acceptors (Lipinski definition) is 4. The van der Waals surface area contributed by atoms with E-state index in [1.165, 1.54) is 44.9 Å². The summed E-state index contributed by atoms with van der Waals surface area (Å²) < 4.78 is 13.5. The summed E-state index contributed by atoms with van der Waals surface area (Å²) in [5, 5.41) is 4.32. The third kappa shape index (κ3) is 4.58. The molecule has 0 saturated heterocycles. The monoisotopic (exact) mass is 477 g/mol. The lowest BCUT2D eigenvalue weighted by molar-refractivity contribution is -0.0830. The van der Waals surface area contributed by atoms with Gasteiger partial charge in [0, 0.05) is 12.0 Å². The molecule has 6 atom stereocenters. The van der Waals surface area contributed by atoms with Gasteiger partial charge < -0.3 is 13.7 Å². The summed E-state index contributed by atoms with van der Waals surface area (Å²) in [6.45, 7) is 17.6. The van der Waals surface area contributed by atoms with Crippen LogP contribution in [-0.4, -0.2) is 42.2 Å². The molecule has 0 radical (unpaired) electrons. The van der Waals surface area contributed by atoms with Gasteiger partial charge in [-0.15, -0.1) is 0 Å². The maximum atomic E-state index is 6.79. The lowest BCUT2D eigenvalue weighted by Crippen LogP contribution is -2.55. The number of allylic oxidation sites excluding steroid dienone is 1. The Bertz CT molecular complexity index is 768. The first-order valence-electron chi connectivity index (χ1n) is 13.0. The second kappa shape index (κ2) is 8.65. The first-order chi connectivity index (χ1) is 14.9. The Labute approximate surface area is 198 Å². The molecule has 0 heterocycles. The molecule has 0 aromatic rings. The molecule has 4 aliphatic rings. The summed E-state index contributed by atoms with van der Waals surface area (Å²) in [6.07, 6.45) is 12.8. The van der Waals surface area contributed by atoms with Crippen molar-refractivity contribution in [1.82, 2.24) is 0 Å². The smallest absolute Gasteiger partial charge is 0.184 e. The molecule has 0 aromatic carbocycles. The highest BCUT2D eigenvalue weighted by Gasteiger charge is 2.60. The molecule has 0 aliphatic heterocycles. The van der Waals surface area contributed by atoms with E-state index >= 15 is 0 Å². The highest BCUT2D eigenvalue weighted by atomic mass is 28.4. The van der Waals surface area contributed by atoms with Crippen LogP contribution in [0.1, 0.15) is 58.3 Å². The highest BCUT2D eigenvalue weighted by Crippen LogP contribution is 2.66. The molecule has 4 aliphatic carbocycles. The van der Waals surface area contributed by atoms with Crippen LogP contribution >= 0.6 is 0 Å². The molecule has 0 bridgehead atoms. The fraction of sp³-hybridized carbons (Fsp3) is 0.885. The normalized spacial score (nSPS) is 41.0. The summed E-state index contributed by atoms with van der Waals surface area (Å²) in [7, 11) is -1.45. The number of oxime groups is 1. The fourth-order valence-electron chi connectivity index (χ4n) is 7.75. The second-order valence-electron chi connectivity index (χ2n) is 13.2. The predicted octanol–water partition coefficient (Wildman–Crippen LogP) is 7.00. The van der Waals surface area contributed by atoms with E-state index in [0.717, 1.165) is 36.5 Å². The predicted molar refractivity (Wildman–Crippen MR) is 138 cm³/mol. The molecule has 0 aromatic heterocycles. The van der Waals surface area contributed by atoms with Crippen LogP contribution in [0.4, 0.5) is 0 Å². The lowest BCUT2D eigenvalue weighted by atomic mass is 9.47. The average Bonchev–Trinajstić information content (AvgIpc) is 3.01. The van der Waals surface area contributed by atoms with E-state index < -0.39 is 16.6 Å². The molecule has 3 fully saturated rings. The van der Waals surface area contributed by atoms with Crippen LogP contribution in [0.2, 0.25) is 39.3 Å². The summed E-state index contributed by atoms with van der Waals surface area (Å²) in [6, 6.07) is 0. The van der Waals surface area contributed by atoms with Crippen LogP contribution in [-0.2, 0) is 13.7 Å². The van der Waals surface area contributed by atoms with Gasteiger partial charge in [-0.2, -0.15) is 0 Å². The van der Waals surface area contributed by atoms with E-state index in [2.05, 4.69) is 57.4 Å². The Morgan fingerprint density at radius 1 is 0.938 bits per heavy atom. The zero-order valence-electron chi connectivity index (χ0n) is 21.9. The first kappa shape index (κ1) is 24.7. The van der Waals surface area contributed by atoms with Crippen LogP contribution in [0, 0.1) is 28.6 Å². The van der Waals surface area contributed by atoms with E-state index in [-0.39, 0.29) is 5.41 Å². The molecule has 0 unspecified atom stereocenters. The van der Waals surface area contributed by atoms with Crippen molar-refractivity contribution >= 4 is 22.3 Å². The summed E-state index contributed by atoms with van der Waals surface area (Å²) in [4.78, 5) is 5.14. The van der Waals surface area contributed by atoms with Crippen LogP contribution in [0.25, 0.3) is 0 Å². The van der Waals surface area contributed by atoms with E-state index in [0.29, 0.717) is 11.5 Å². The van der Waals surface area contributed by atoms with Crippen molar-refractivity contribution in [3.63, 3.8) is 0 Å². The van der Waals surface area contributed by atoms with Gasteiger partial charge in [0.15, 0.2) is 16.6 Å². The Kier molecular flexibility index (Phi) is 6.67.